The Labute approximate surface area is 138 Å². The first kappa shape index (κ1) is 15.7. The number of hydrogen-bond donors (Lipinski definition) is 2. The normalized spacial score (nSPS) is 13.6. The van der Waals surface area contributed by atoms with Gasteiger partial charge in [-0.2, -0.15) is 0 Å². The minimum absolute atomic E-state index is 0.00871. The molecule has 0 atom stereocenters. The lowest BCUT2D eigenvalue weighted by atomic mass is 10.0. The van der Waals surface area contributed by atoms with Crippen LogP contribution in [0.2, 0.25) is 0 Å². The standard InChI is InChI=1S/C17H18N2O3S/c1-10-3-5-12(6-4-10)17(21)19-8-7-14-13(9-19)11(2)15(23-14)16(20)18-22/h3-6,22H,7-9H2,1-2H3,(H,18,20). The smallest absolute Gasteiger partial charge is 0.284 e. The number of benzene rings is 1. The third-order valence-electron chi connectivity index (χ3n) is 4.21. The van der Waals surface area contributed by atoms with Gasteiger partial charge in [-0.1, -0.05) is 17.7 Å². The van der Waals surface area contributed by atoms with Crippen molar-refractivity contribution in [1.82, 2.24) is 10.4 Å². The summed E-state index contributed by atoms with van der Waals surface area (Å²) < 4.78 is 0. The minimum Gasteiger partial charge on any atom is -0.334 e. The van der Waals surface area contributed by atoms with Crippen LogP contribution in [-0.2, 0) is 13.0 Å². The molecule has 1 aliphatic rings. The summed E-state index contributed by atoms with van der Waals surface area (Å²) in [6, 6.07) is 7.56. The van der Waals surface area contributed by atoms with Gasteiger partial charge in [0, 0.05) is 23.5 Å². The molecule has 23 heavy (non-hydrogen) atoms. The van der Waals surface area contributed by atoms with Gasteiger partial charge < -0.3 is 4.90 Å². The molecule has 0 bridgehead atoms. The van der Waals surface area contributed by atoms with Crippen molar-refractivity contribution in [3.05, 3.63) is 56.3 Å². The van der Waals surface area contributed by atoms with Crippen molar-refractivity contribution in [2.45, 2.75) is 26.8 Å². The summed E-state index contributed by atoms with van der Waals surface area (Å²) in [7, 11) is 0. The molecule has 2 N–H and O–H groups in total. The maximum Gasteiger partial charge on any atom is 0.284 e. The fraction of sp³-hybridized carbons (Fsp3) is 0.294. The lowest BCUT2D eigenvalue weighted by Crippen LogP contribution is -2.35. The van der Waals surface area contributed by atoms with Crippen molar-refractivity contribution in [2.75, 3.05) is 6.54 Å². The minimum atomic E-state index is -0.488. The van der Waals surface area contributed by atoms with Gasteiger partial charge >= 0.3 is 0 Å². The van der Waals surface area contributed by atoms with Gasteiger partial charge in [0.05, 0.1) is 4.88 Å². The van der Waals surface area contributed by atoms with Crippen LogP contribution in [0.1, 0.15) is 41.6 Å². The second kappa shape index (κ2) is 6.14. The summed E-state index contributed by atoms with van der Waals surface area (Å²) in [5.41, 5.74) is 5.36. The van der Waals surface area contributed by atoms with E-state index < -0.39 is 5.91 Å². The average Bonchev–Trinajstić information content (AvgIpc) is 2.90. The van der Waals surface area contributed by atoms with Crippen molar-refractivity contribution >= 4 is 23.2 Å². The van der Waals surface area contributed by atoms with Crippen LogP contribution < -0.4 is 5.48 Å². The maximum atomic E-state index is 12.6. The molecule has 120 valence electrons. The lowest BCUT2D eigenvalue weighted by Gasteiger charge is -2.27. The fourth-order valence-corrected chi connectivity index (χ4v) is 4.04. The largest absolute Gasteiger partial charge is 0.334 e. The third kappa shape index (κ3) is 2.87. The van der Waals surface area contributed by atoms with Gasteiger partial charge in [-0.05, 0) is 43.5 Å². The molecule has 0 saturated heterocycles. The highest BCUT2D eigenvalue weighted by molar-refractivity contribution is 7.14. The molecule has 0 saturated carbocycles. The van der Waals surface area contributed by atoms with Gasteiger partial charge in [0.25, 0.3) is 11.8 Å². The van der Waals surface area contributed by atoms with E-state index in [1.54, 1.807) is 5.48 Å². The molecule has 1 aliphatic heterocycles. The Morgan fingerprint density at radius 3 is 2.57 bits per heavy atom. The molecule has 0 unspecified atom stereocenters. The number of fused-ring (bicyclic) bond motifs is 1. The lowest BCUT2D eigenvalue weighted by molar-refractivity contribution is 0.0710. The fourth-order valence-electron chi connectivity index (χ4n) is 2.84. The first-order valence-electron chi connectivity index (χ1n) is 7.42. The summed E-state index contributed by atoms with van der Waals surface area (Å²) in [5.74, 6) is -0.479. The summed E-state index contributed by atoms with van der Waals surface area (Å²) in [4.78, 5) is 27.8. The number of aryl methyl sites for hydroxylation is 1. The van der Waals surface area contributed by atoms with Crippen LogP contribution in [0.3, 0.4) is 0 Å². The maximum absolute atomic E-state index is 12.6. The number of thiophene rings is 1. The number of carbonyl (C=O) groups excluding carboxylic acids is 2. The van der Waals surface area contributed by atoms with Crippen molar-refractivity contribution in [1.29, 1.82) is 0 Å². The second-order valence-corrected chi connectivity index (χ2v) is 6.85. The second-order valence-electron chi connectivity index (χ2n) is 5.74. The zero-order valence-electron chi connectivity index (χ0n) is 13.0. The van der Waals surface area contributed by atoms with Gasteiger partial charge in [0.2, 0.25) is 0 Å². The predicted octanol–water partition coefficient (Wildman–Crippen LogP) is 2.68. The van der Waals surface area contributed by atoms with Gasteiger partial charge in [0.15, 0.2) is 0 Å². The highest BCUT2D eigenvalue weighted by Gasteiger charge is 2.27. The van der Waals surface area contributed by atoms with E-state index in [1.807, 2.05) is 43.0 Å². The summed E-state index contributed by atoms with van der Waals surface area (Å²) in [6.45, 7) is 4.99. The number of nitrogens with one attached hydrogen (secondary N) is 1. The Kier molecular flexibility index (Phi) is 4.19. The highest BCUT2D eigenvalue weighted by Crippen LogP contribution is 2.33. The first-order valence-corrected chi connectivity index (χ1v) is 8.24. The van der Waals surface area contributed by atoms with Gasteiger partial charge in [-0.3, -0.25) is 14.8 Å². The number of rotatable bonds is 2. The van der Waals surface area contributed by atoms with Gasteiger partial charge in [-0.15, -0.1) is 11.3 Å². The Morgan fingerprint density at radius 1 is 1.22 bits per heavy atom. The Balaban J connectivity index is 1.85. The number of carbonyl (C=O) groups is 2. The van der Waals surface area contributed by atoms with E-state index >= 15 is 0 Å². The van der Waals surface area contributed by atoms with Crippen molar-refractivity contribution in [3.8, 4) is 0 Å². The molecular weight excluding hydrogens is 312 g/mol. The van der Waals surface area contributed by atoms with E-state index in [4.69, 9.17) is 5.21 Å². The summed E-state index contributed by atoms with van der Waals surface area (Å²) >= 11 is 1.40. The van der Waals surface area contributed by atoms with E-state index in [-0.39, 0.29) is 5.91 Å². The Hall–Kier alpha value is -2.18. The molecule has 2 amide bonds. The molecule has 1 aromatic heterocycles. The summed E-state index contributed by atoms with van der Waals surface area (Å²) in [5, 5.41) is 8.83. The van der Waals surface area contributed by atoms with Crippen molar-refractivity contribution < 1.29 is 14.8 Å². The average molecular weight is 330 g/mol. The van der Waals surface area contributed by atoms with E-state index in [2.05, 4.69) is 0 Å². The van der Waals surface area contributed by atoms with E-state index in [9.17, 15) is 9.59 Å². The third-order valence-corrected chi connectivity index (χ3v) is 5.60. The van der Waals surface area contributed by atoms with Crippen molar-refractivity contribution in [2.24, 2.45) is 0 Å². The number of hydroxylamine groups is 1. The van der Waals surface area contributed by atoms with Crippen LogP contribution >= 0.6 is 11.3 Å². The van der Waals surface area contributed by atoms with Crippen LogP contribution in [0.15, 0.2) is 24.3 Å². The molecule has 1 aromatic carbocycles. The molecule has 5 nitrogen and oxygen atoms in total. The topological polar surface area (TPSA) is 69.6 Å². The van der Waals surface area contributed by atoms with Crippen LogP contribution in [0.4, 0.5) is 0 Å². The first-order chi connectivity index (χ1) is 11.0. The van der Waals surface area contributed by atoms with Crippen LogP contribution in [0.25, 0.3) is 0 Å². The van der Waals surface area contributed by atoms with Gasteiger partial charge in [0.1, 0.15) is 0 Å². The number of hydrogen-bond acceptors (Lipinski definition) is 4. The highest BCUT2D eigenvalue weighted by atomic mass is 32.1. The van der Waals surface area contributed by atoms with Crippen LogP contribution in [-0.4, -0.2) is 28.5 Å². The van der Waals surface area contributed by atoms with E-state index in [0.717, 1.165) is 28.0 Å². The SMILES string of the molecule is Cc1ccc(C(=O)N2CCc3sc(C(=O)NO)c(C)c3C2)cc1. The Bertz CT molecular complexity index is 765. The van der Waals surface area contributed by atoms with Gasteiger partial charge in [-0.25, -0.2) is 5.48 Å². The molecule has 3 rings (SSSR count). The molecule has 2 aromatic rings. The number of amides is 2. The van der Waals surface area contributed by atoms with E-state index in [1.165, 1.54) is 11.3 Å². The zero-order chi connectivity index (χ0) is 16.6. The molecule has 2 heterocycles. The molecule has 6 heteroatoms. The Morgan fingerprint density at radius 2 is 1.91 bits per heavy atom. The molecule has 0 aliphatic carbocycles. The monoisotopic (exact) mass is 330 g/mol. The van der Waals surface area contributed by atoms with Crippen LogP contribution in [0, 0.1) is 13.8 Å². The van der Waals surface area contributed by atoms with Crippen LogP contribution in [0.5, 0.6) is 0 Å². The number of nitrogens with zero attached hydrogens (tertiary/aromatic N) is 1. The molecular formula is C17H18N2O3S. The molecule has 0 spiro atoms. The zero-order valence-corrected chi connectivity index (χ0v) is 13.9. The molecule has 0 fully saturated rings. The quantitative estimate of drug-likeness (QED) is 0.657. The predicted molar refractivity (Wildman–Crippen MR) is 87.9 cm³/mol. The van der Waals surface area contributed by atoms with Crippen molar-refractivity contribution in [3.63, 3.8) is 0 Å². The molecule has 0 radical (unpaired) electrons. The summed E-state index contributed by atoms with van der Waals surface area (Å²) in [6.07, 6.45) is 0.733. The van der Waals surface area contributed by atoms with E-state index in [0.29, 0.717) is 23.5 Å².